The van der Waals surface area contributed by atoms with Crippen LogP contribution in [0.15, 0.2) is 48.5 Å². The molecule has 1 heterocycles. The van der Waals surface area contributed by atoms with Crippen molar-refractivity contribution in [3.63, 3.8) is 0 Å². The van der Waals surface area contributed by atoms with Crippen LogP contribution in [0.2, 0.25) is 0 Å². The zero-order valence-corrected chi connectivity index (χ0v) is 13.0. The Morgan fingerprint density at radius 1 is 1.09 bits per heavy atom. The second-order valence-corrected chi connectivity index (χ2v) is 5.34. The summed E-state index contributed by atoms with van der Waals surface area (Å²) in [5, 5.41) is 0. The van der Waals surface area contributed by atoms with Gasteiger partial charge in [-0.25, -0.2) is 4.90 Å². The monoisotopic (exact) mass is 311 g/mol. The highest BCUT2D eigenvalue weighted by atomic mass is 16.5. The smallest absolute Gasteiger partial charge is 0.275 e. The first-order valence-electron chi connectivity index (χ1n) is 7.33. The van der Waals surface area contributed by atoms with Gasteiger partial charge in [0.05, 0.1) is 19.2 Å². The van der Waals surface area contributed by atoms with Gasteiger partial charge in [0, 0.05) is 0 Å². The molecule has 0 saturated carbocycles. The van der Waals surface area contributed by atoms with Crippen LogP contribution < -0.4 is 14.4 Å². The second-order valence-electron chi connectivity index (χ2n) is 5.34. The Labute approximate surface area is 134 Å². The number of para-hydroxylation sites is 1. The number of anilines is 1. The lowest BCUT2D eigenvalue weighted by atomic mass is 10.2. The van der Waals surface area contributed by atoms with Crippen molar-refractivity contribution in [3.05, 3.63) is 54.1 Å². The molecule has 3 rings (SSSR count). The fraction of sp³-hybridized carbons (Fsp3) is 0.222. The Balaban J connectivity index is 1.79. The predicted molar refractivity (Wildman–Crippen MR) is 85.7 cm³/mol. The van der Waals surface area contributed by atoms with Gasteiger partial charge in [-0.3, -0.25) is 9.59 Å². The highest BCUT2D eigenvalue weighted by Crippen LogP contribution is 2.28. The number of hydrogen-bond acceptors (Lipinski definition) is 4. The summed E-state index contributed by atoms with van der Waals surface area (Å²) >= 11 is 0. The minimum absolute atomic E-state index is 0.0405. The van der Waals surface area contributed by atoms with Crippen molar-refractivity contribution in [2.75, 3.05) is 12.0 Å². The van der Waals surface area contributed by atoms with Crippen molar-refractivity contribution in [2.45, 2.75) is 19.4 Å². The molecule has 0 aliphatic carbocycles. The molecule has 0 aromatic heterocycles. The van der Waals surface area contributed by atoms with Crippen LogP contribution in [0.5, 0.6) is 11.5 Å². The molecule has 0 spiro atoms. The summed E-state index contributed by atoms with van der Waals surface area (Å²) < 4.78 is 10.9. The van der Waals surface area contributed by atoms with E-state index in [1.54, 1.807) is 49.6 Å². The molecule has 1 fully saturated rings. The van der Waals surface area contributed by atoms with E-state index >= 15 is 0 Å². The third-order valence-corrected chi connectivity index (χ3v) is 3.76. The maximum atomic E-state index is 12.5. The number of aryl methyl sites for hydroxylation is 1. The molecule has 1 aliphatic rings. The molecule has 23 heavy (non-hydrogen) atoms. The van der Waals surface area contributed by atoms with Crippen LogP contribution in [-0.4, -0.2) is 25.0 Å². The van der Waals surface area contributed by atoms with Crippen LogP contribution in [0.4, 0.5) is 5.69 Å². The number of carbonyl (C=O) groups excluding carboxylic acids is 2. The van der Waals surface area contributed by atoms with Crippen LogP contribution in [0.3, 0.4) is 0 Å². The number of nitrogens with zero attached hydrogens (tertiary/aromatic N) is 1. The average molecular weight is 311 g/mol. The summed E-state index contributed by atoms with van der Waals surface area (Å²) in [6.45, 7) is 1.89. The molecule has 5 nitrogen and oxygen atoms in total. The molecule has 118 valence electrons. The summed E-state index contributed by atoms with van der Waals surface area (Å²) in [6.07, 6.45) is -0.755. The lowest BCUT2D eigenvalue weighted by Gasteiger charge is -2.16. The fourth-order valence-corrected chi connectivity index (χ4v) is 2.63. The Morgan fingerprint density at radius 2 is 1.83 bits per heavy atom. The van der Waals surface area contributed by atoms with E-state index in [9.17, 15) is 9.59 Å². The van der Waals surface area contributed by atoms with Gasteiger partial charge in [-0.15, -0.1) is 0 Å². The molecule has 2 amide bonds. The fourth-order valence-electron chi connectivity index (χ4n) is 2.63. The van der Waals surface area contributed by atoms with E-state index in [-0.39, 0.29) is 18.2 Å². The Bertz CT molecular complexity index is 742. The van der Waals surface area contributed by atoms with Crippen LogP contribution >= 0.6 is 0 Å². The van der Waals surface area contributed by atoms with Crippen molar-refractivity contribution in [3.8, 4) is 11.5 Å². The van der Waals surface area contributed by atoms with Gasteiger partial charge in [0.25, 0.3) is 5.91 Å². The molecule has 5 heteroatoms. The summed E-state index contributed by atoms with van der Waals surface area (Å²) in [7, 11) is 1.60. The van der Waals surface area contributed by atoms with E-state index in [0.29, 0.717) is 11.4 Å². The summed E-state index contributed by atoms with van der Waals surface area (Å²) in [4.78, 5) is 25.8. The summed E-state index contributed by atoms with van der Waals surface area (Å²) in [5.41, 5.74) is 1.47. The van der Waals surface area contributed by atoms with Crippen LogP contribution in [0.25, 0.3) is 0 Å². The first-order valence-corrected chi connectivity index (χ1v) is 7.33. The van der Waals surface area contributed by atoms with Crippen LogP contribution in [-0.2, 0) is 9.59 Å². The summed E-state index contributed by atoms with van der Waals surface area (Å²) in [6, 6.07) is 14.2. The van der Waals surface area contributed by atoms with E-state index in [4.69, 9.17) is 9.47 Å². The molecule has 0 N–H and O–H groups in total. The van der Waals surface area contributed by atoms with E-state index < -0.39 is 6.10 Å². The molecule has 0 bridgehead atoms. The lowest BCUT2D eigenvalue weighted by Crippen LogP contribution is -2.33. The number of rotatable bonds is 4. The van der Waals surface area contributed by atoms with Gasteiger partial charge in [0.15, 0.2) is 6.10 Å². The maximum absolute atomic E-state index is 12.5. The van der Waals surface area contributed by atoms with Crippen molar-refractivity contribution in [2.24, 2.45) is 0 Å². The largest absolute Gasteiger partial charge is 0.496 e. The number of benzene rings is 2. The molecule has 1 atom stereocenters. The lowest BCUT2D eigenvalue weighted by molar-refractivity contribution is -0.123. The van der Waals surface area contributed by atoms with Crippen LogP contribution in [0, 0.1) is 6.92 Å². The van der Waals surface area contributed by atoms with Crippen LogP contribution in [0.1, 0.15) is 12.0 Å². The molecule has 2 aromatic carbocycles. The van der Waals surface area contributed by atoms with Crippen molar-refractivity contribution < 1.29 is 19.1 Å². The molecule has 1 saturated heterocycles. The number of methoxy groups -OCH3 is 1. The van der Waals surface area contributed by atoms with Gasteiger partial charge in [0.1, 0.15) is 11.5 Å². The Morgan fingerprint density at radius 3 is 2.48 bits per heavy atom. The molecule has 1 aliphatic heterocycles. The molecule has 2 aromatic rings. The quantitative estimate of drug-likeness (QED) is 0.815. The van der Waals surface area contributed by atoms with Gasteiger partial charge in [-0.2, -0.15) is 0 Å². The number of imide groups is 1. The minimum atomic E-state index is -0.796. The first-order chi connectivity index (χ1) is 11.1. The molecule has 1 unspecified atom stereocenters. The van der Waals surface area contributed by atoms with E-state index in [2.05, 4.69) is 0 Å². The number of carbonyl (C=O) groups is 2. The third kappa shape index (κ3) is 2.90. The minimum Gasteiger partial charge on any atom is -0.496 e. The Hall–Kier alpha value is -2.82. The zero-order valence-electron chi connectivity index (χ0n) is 13.0. The Kier molecular flexibility index (Phi) is 4.02. The molecular weight excluding hydrogens is 294 g/mol. The summed E-state index contributed by atoms with van der Waals surface area (Å²) in [5.74, 6) is 0.701. The van der Waals surface area contributed by atoms with Crippen molar-refractivity contribution in [1.82, 2.24) is 0 Å². The van der Waals surface area contributed by atoms with Gasteiger partial charge >= 0.3 is 0 Å². The highest BCUT2D eigenvalue weighted by molar-refractivity contribution is 6.22. The second kappa shape index (κ2) is 6.12. The maximum Gasteiger partial charge on any atom is 0.275 e. The first kappa shape index (κ1) is 15.1. The zero-order chi connectivity index (χ0) is 16.4. The number of amides is 2. The SMILES string of the molecule is COc1ccc(OC2CC(=O)N(c3ccccc3)C2=O)cc1C. The van der Waals surface area contributed by atoms with E-state index in [1.807, 2.05) is 13.0 Å². The van der Waals surface area contributed by atoms with Crippen molar-refractivity contribution in [1.29, 1.82) is 0 Å². The van der Waals surface area contributed by atoms with Gasteiger partial charge in [-0.05, 0) is 42.8 Å². The number of ether oxygens (including phenoxy) is 2. The van der Waals surface area contributed by atoms with Gasteiger partial charge in [-0.1, -0.05) is 18.2 Å². The highest BCUT2D eigenvalue weighted by Gasteiger charge is 2.41. The molecular formula is C18H17NO4. The average Bonchev–Trinajstić information content (AvgIpc) is 2.82. The van der Waals surface area contributed by atoms with Gasteiger partial charge < -0.3 is 9.47 Å². The molecule has 0 radical (unpaired) electrons. The van der Waals surface area contributed by atoms with E-state index in [1.165, 1.54) is 4.90 Å². The third-order valence-electron chi connectivity index (χ3n) is 3.76. The number of hydrogen-bond donors (Lipinski definition) is 0. The van der Waals surface area contributed by atoms with Gasteiger partial charge in [0.2, 0.25) is 5.91 Å². The standard InChI is InChI=1S/C18H17NO4/c1-12-10-14(8-9-15(12)22-2)23-16-11-17(20)19(18(16)21)13-6-4-3-5-7-13/h3-10,16H,11H2,1-2H3. The van der Waals surface area contributed by atoms with E-state index in [0.717, 1.165) is 11.3 Å². The topological polar surface area (TPSA) is 55.8 Å². The predicted octanol–water partition coefficient (Wildman–Crippen LogP) is 2.71. The normalized spacial score (nSPS) is 17.5. The van der Waals surface area contributed by atoms with Crippen molar-refractivity contribution >= 4 is 17.5 Å².